The average Bonchev–Trinajstić information content (AvgIpc) is 3.17. The van der Waals surface area contributed by atoms with Crippen LogP contribution in [0.25, 0.3) is 0 Å². The standard InChI is InChI=1S/C28H50N2O30S3/c1-8(33)29-10(3-31)16(36)23(11(35)5-52-61(43,44)45)58-28-22(42)25(18(38)12(4-32)55-28)60-26-15(30-9(2)34)19(39)24(14(57-26)7-54-63(49,50)51)59-27-21(41)20(40)17(37)13(56-27)6-53-62(46,47)48/h10-28,31-32,35-42H,3-7H2,1-2H3,(H,29,33)(H,30,34)(H,43,44,45)(H,46,47,48)(H,49,50,51)/t10-,11+,12+,13+,14+,15+,16+,17-,18-,19+,20-,21+,22+,23+,24+,25-,26-,27-,28-/m0/s1. The van der Waals surface area contributed by atoms with E-state index in [0.29, 0.717) is 0 Å². The lowest BCUT2D eigenvalue weighted by Crippen LogP contribution is -2.69. The van der Waals surface area contributed by atoms with Crippen LogP contribution in [0.3, 0.4) is 0 Å². The summed E-state index contributed by atoms with van der Waals surface area (Å²) in [7, 11) is -15.8. The van der Waals surface area contributed by atoms with E-state index in [1.165, 1.54) is 0 Å². The molecule has 3 aliphatic heterocycles. The van der Waals surface area contributed by atoms with E-state index < -0.39 is 192 Å². The van der Waals surface area contributed by atoms with E-state index in [4.69, 9.17) is 37.5 Å². The van der Waals surface area contributed by atoms with E-state index in [2.05, 4.69) is 23.2 Å². The number of hydrogen-bond acceptors (Lipinski definition) is 27. The topological polar surface area (TPSA) is 507 Å². The zero-order valence-electron chi connectivity index (χ0n) is 32.5. The van der Waals surface area contributed by atoms with Gasteiger partial charge < -0.3 is 90.1 Å². The van der Waals surface area contributed by atoms with Gasteiger partial charge in [-0.2, -0.15) is 25.3 Å². The average molecular weight is 991 g/mol. The molecule has 0 aromatic heterocycles. The van der Waals surface area contributed by atoms with Gasteiger partial charge in [0.15, 0.2) is 18.9 Å². The number of rotatable bonds is 22. The second kappa shape index (κ2) is 23.1. The number of carbonyl (C=O) groups is 2. The third kappa shape index (κ3) is 16.0. The second-order valence-electron chi connectivity index (χ2n) is 14.0. The van der Waals surface area contributed by atoms with Crippen molar-refractivity contribution in [2.24, 2.45) is 0 Å². The first kappa shape index (κ1) is 55.2. The van der Waals surface area contributed by atoms with Crippen molar-refractivity contribution in [3.8, 4) is 0 Å². The van der Waals surface area contributed by atoms with Gasteiger partial charge in [-0.1, -0.05) is 0 Å². The van der Waals surface area contributed by atoms with Crippen molar-refractivity contribution in [3.63, 3.8) is 0 Å². The van der Waals surface area contributed by atoms with Gasteiger partial charge in [0.05, 0.1) is 39.1 Å². The summed E-state index contributed by atoms with van der Waals surface area (Å²) in [5.74, 6) is -1.85. The molecule has 0 radical (unpaired) electrons. The molecule has 15 N–H and O–H groups in total. The summed E-state index contributed by atoms with van der Waals surface area (Å²) >= 11 is 0. The van der Waals surface area contributed by atoms with Crippen molar-refractivity contribution < 1.29 is 141 Å². The first-order chi connectivity index (χ1) is 29.0. The van der Waals surface area contributed by atoms with Crippen molar-refractivity contribution in [2.75, 3.05) is 33.0 Å². The maximum Gasteiger partial charge on any atom is 0.397 e. The normalized spacial score (nSPS) is 36.5. The summed E-state index contributed by atoms with van der Waals surface area (Å²) in [5.41, 5.74) is 0. The Bertz CT molecular complexity index is 1830. The predicted molar refractivity (Wildman–Crippen MR) is 191 cm³/mol. The Balaban J connectivity index is 2.02. The summed E-state index contributed by atoms with van der Waals surface area (Å²) in [6.45, 7) is -4.35. The molecule has 3 rings (SSSR count). The smallest absolute Gasteiger partial charge is 0.394 e. The highest BCUT2D eigenvalue weighted by Crippen LogP contribution is 2.34. The summed E-state index contributed by atoms with van der Waals surface area (Å²) in [6.07, 6.45) is -37.4. The SMILES string of the molecule is CC(=O)N[C@H]1[C@H](O[C@H]2[C@@H](O)[C@@H](CO)O[C@@H](O[C@@H]([C@H](O)[C@H](CO)NC(C)=O)[C@H](O)COS(=O)(=O)O)[C@@H]2O)O[C@H](COS(=O)(=O)O)[C@@H](O[C@@H]2O[C@H](COS(=O)(=O)O)[C@H](O)[C@H](O)[C@H]2O)[C@@H]1O. The molecule has 0 saturated carbocycles. The largest absolute Gasteiger partial charge is 0.397 e. The van der Waals surface area contributed by atoms with Crippen molar-refractivity contribution in [1.29, 1.82) is 0 Å². The van der Waals surface area contributed by atoms with Crippen molar-refractivity contribution >= 4 is 43.0 Å². The molecule has 0 unspecified atom stereocenters. The molecule has 63 heavy (non-hydrogen) atoms. The Labute approximate surface area is 356 Å². The molecule has 0 aromatic rings. The summed E-state index contributed by atoms with van der Waals surface area (Å²) in [6, 6.07) is -3.70. The molecule has 3 saturated heterocycles. The lowest BCUT2D eigenvalue weighted by atomic mass is 9.94. The second-order valence-corrected chi connectivity index (χ2v) is 17.2. The molecule has 3 fully saturated rings. The monoisotopic (exact) mass is 990 g/mol. The maximum atomic E-state index is 12.4. The van der Waals surface area contributed by atoms with Crippen molar-refractivity contribution in [2.45, 2.75) is 130 Å². The lowest BCUT2D eigenvalue weighted by Gasteiger charge is -2.49. The Kier molecular flexibility index (Phi) is 20.2. The molecule has 3 heterocycles. The first-order valence-electron chi connectivity index (χ1n) is 18.0. The van der Waals surface area contributed by atoms with Crippen LogP contribution in [-0.4, -0.2) is 251 Å². The summed E-state index contributed by atoms with van der Waals surface area (Å²) < 4.78 is 141. The lowest BCUT2D eigenvalue weighted by molar-refractivity contribution is -0.372. The third-order valence-corrected chi connectivity index (χ3v) is 10.6. The Morgan fingerprint density at radius 3 is 1.65 bits per heavy atom. The molecule has 0 aliphatic carbocycles. The molecular weight excluding hydrogens is 940 g/mol. The minimum Gasteiger partial charge on any atom is -0.394 e. The number of aliphatic hydroxyl groups excluding tert-OH is 10. The minimum absolute atomic E-state index is 0.856. The Morgan fingerprint density at radius 1 is 0.619 bits per heavy atom. The van der Waals surface area contributed by atoms with E-state index >= 15 is 0 Å². The maximum absolute atomic E-state index is 12.4. The number of amides is 2. The van der Waals surface area contributed by atoms with E-state index in [-0.39, 0.29) is 0 Å². The van der Waals surface area contributed by atoms with E-state index in [0.717, 1.165) is 13.8 Å². The van der Waals surface area contributed by atoms with E-state index in [1.54, 1.807) is 0 Å². The zero-order valence-corrected chi connectivity index (χ0v) is 34.9. The van der Waals surface area contributed by atoms with Crippen molar-refractivity contribution in [3.05, 3.63) is 0 Å². The molecule has 2 amide bonds. The third-order valence-electron chi connectivity index (χ3n) is 9.27. The van der Waals surface area contributed by atoms with Gasteiger partial charge in [0.1, 0.15) is 91.5 Å². The molecule has 35 heteroatoms. The van der Waals surface area contributed by atoms with Crippen LogP contribution in [0.2, 0.25) is 0 Å². The van der Waals surface area contributed by atoms with E-state index in [9.17, 15) is 90.5 Å². The van der Waals surface area contributed by atoms with Gasteiger partial charge in [-0.3, -0.25) is 23.2 Å². The summed E-state index contributed by atoms with van der Waals surface area (Å²) in [4.78, 5) is 24.1. The fourth-order valence-corrected chi connectivity index (χ4v) is 7.29. The van der Waals surface area contributed by atoms with Crippen LogP contribution in [-0.2, 0) is 81.8 Å². The molecular formula is C28H50N2O30S3. The first-order valence-corrected chi connectivity index (χ1v) is 22.1. The molecule has 32 nitrogen and oxygen atoms in total. The fourth-order valence-electron chi connectivity index (χ4n) is 6.37. The number of aliphatic hydroxyl groups is 10. The van der Waals surface area contributed by atoms with E-state index in [1.807, 2.05) is 0 Å². The van der Waals surface area contributed by atoms with Gasteiger partial charge >= 0.3 is 31.2 Å². The highest BCUT2D eigenvalue weighted by Gasteiger charge is 2.55. The molecule has 0 bridgehead atoms. The predicted octanol–water partition coefficient (Wildman–Crippen LogP) is -10.3. The van der Waals surface area contributed by atoms with Gasteiger partial charge in [-0.15, -0.1) is 0 Å². The Morgan fingerprint density at radius 2 is 1.14 bits per heavy atom. The number of hydrogen-bond donors (Lipinski definition) is 15. The van der Waals surface area contributed by atoms with Crippen LogP contribution in [0, 0.1) is 0 Å². The van der Waals surface area contributed by atoms with Gasteiger partial charge in [0.25, 0.3) is 0 Å². The molecule has 19 atom stereocenters. The highest BCUT2D eigenvalue weighted by molar-refractivity contribution is 7.81. The van der Waals surface area contributed by atoms with Gasteiger partial charge in [0.2, 0.25) is 11.8 Å². The minimum atomic E-state index is -5.38. The van der Waals surface area contributed by atoms with Gasteiger partial charge in [-0.25, -0.2) is 12.5 Å². The quantitative estimate of drug-likeness (QED) is 0.0448. The number of carbonyl (C=O) groups excluding carboxylic acids is 2. The van der Waals surface area contributed by atoms with Crippen molar-refractivity contribution in [1.82, 2.24) is 10.6 Å². The van der Waals surface area contributed by atoms with Gasteiger partial charge in [-0.05, 0) is 0 Å². The molecule has 3 aliphatic rings. The van der Waals surface area contributed by atoms with Crippen LogP contribution in [0.1, 0.15) is 13.8 Å². The highest BCUT2D eigenvalue weighted by atomic mass is 32.3. The van der Waals surface area contributed by atoms with Crippen LogP contribution in [0.15, 0.2) is 0 Å². The van der Waals surface area contributed by atoms with Gasteiger partial charge in [0, 0.05) is 13.8 Å². The van der Waals surface area contributed by atoms with Crippen LogP contribution in [0.5, 0.6) is 0 Å². The summed E-state index contributed by atoms with van der Waals surface area (Å²) in [5, 5.41) is 111. The number of nitrogens with one attached hydrogen (secondary N) is 2. The van der Waals surface area contributed by atoms with Crippen LogP contribution < -0.4 is 10.6 Å². The van der Waals surface area contributed by atoms with Crippen LogP contribution >= 0.6 is 0 Å². The molecule has 0 spiro atoms. The fraction of sp³-hybridized carbons (Fsp3) is 0.929. The zero-order chi connectivity index (χ0) is 47.9. The van der Waals surface area contributed by atoms with Crippen LogP contribution in [0.4, 0.5) is 0 Å². The molecule has 0 aromatic carbocycles. The Hall–Kier alpha value is -2.09. The number of ether oxygens (including phenoxy) is 6. The molecule has 370 valence electrons.